The first kappa shape index (κ1) is 50.5. The highest BCUT2D eigenvalue weighted by atomic mass is 32.2. The van der Waals surface area contributed by atoms with Crippen LogP contribution in [0.4, 0.5) is 9.93 Å². The maximum atomic E-state index is 15.0. The molecule has 7 aromatic rings. The van der Waals surface area contributed by atoms with Crippen LogP contribution in [0.5, 0.6) is 0 Å². The summed E-state index contributed by atoms with van der Waals surface area (Å²) in [6, 6.07) is 45.2. The van der Waals surface area contributed by atoms with Crippen LogP contribution < -0.4 is 10.6 Å². The van der Waals surface area contributed by atoms with Gasteiger partial charge in [-0.3, -0.25) is 29.1 Å². The van der Waals surface area contributed by atoms with Crippen molar-refractivity contribution in [2.24, 2.45) is 5.16 Å². The minimum Gasteiger partial charge on any atom is -0.448 e. The molecule has 372 valence electrons. The fourth-order valence-electron chi connectivity index (χ4n) is 8.24. The van der Waals surface area contributed by atoms with Crippen molar-refractivity contribution in [3.63, 3.8) is 0 Å². The highest BCUT2D eigenvalue weighted by Crippen LogP contribution is 2.44. The van der Waals surface area contributed by atoms with Gasteiger partial charge in [0.2, 0.25) is 5.60 Å². The second-order valence-electron chi connectivity index (χ2n) is 17.5. The number of aromatic amines is 1. The molecule has 2 unspecified atom stereocenters. The van der Waals surface area contributed by atoms with Crippen molar-refractivity contribution in [2.75, 3.05) is 11.1 Å². The number of β-lactam (4-membered cyclic amide) rings is 1. The molecule has 0 spiro atoms. The molecule has 2 aliphatic rings. The number of benzene rings is 5. The quantitative estimate of drug-likeness (QED) is 0.0148. The van der Waals surface area contributed by atoms with E-state index >= 15 is 0 Å². The van der Waals surface area contributed by atoms with Gasteiger partial charge < -0.3 is 19.6 Å². The number of carbonyl (C=O) groups excluding carboxylic acids is 4. The number of anilines is 1. The average molecular weight is 1050 g/mol. The Morgan fingerprint density at radius 2 is 1.37 bits per heavy atom. The monoisotopic (exact) mass is 1050 g/mol. The van der Waals surface area contributed by atoms with E-state index in [1.165, 1.54) is 40.1 Å². The summed E-state index contributed by atoms with van der Waals surface area (Å²) in [7, 11) is -1.85. The van der Waals surface area contributed by atoms with Gasteiger partial charge in [0.15, 0.2) is 22.1 Å². The SMILES string of the molecule is CC(SC1=C(C(=O)OC(c2ccccc2)c2ccccc2)N2C(=O)[C@@H](NC(=O)/C(=N\OC(c3ccccc3)(c3ccccc3)c3ccccc3)c3csc(NC(=O)OC(C)(C)C)n3)[C@H]2S(=O)C1)Sc1ncn[nH]1. The van der Waals surface area contributed by atoms with Gasteiger partial charge in [-0.1, -0.05) is 169 Å². The fourth-order valence-corrected chi connectivity index (χ4v) is 13.1. The van der Waals surface area contributed by atoms with Gasteiger partial charge in [0.1, 0.15) is 34.7 Å². The molecule has 16 nitrogen and oxygen atoms in total. The number of thiazole rings is 1. The summed E-state index contributed by atoms with van der Waals surface area (Å²) in [5.74, 6) is -2.58. The molecule has 9 rings (SSSR count). The van der Waals surface area contributed by atoms with Crippen LogP contribution in [0.15, 0.2) is 184 Å². The Hall–Kier alpha value is -7.39. The van der Waals surface area contributed by atoms with Crippen LogP contribution in [0.25, 0.3) is 0 Å². The van der Waals surface area contributed by atoms with Gasteiger partial charge >= 0.3 is 12.1 Å². The van der Waals surface area contributed by atoms with Crippen molar-refractivity contribution < 1.29 is 37.7 Å². The highest BCUT2D eigenvalue weighted by Gasteiger charge is 2.58. The summed E-state index contributed by atoms with van der Waals surface area (Å²) in [5.41, 5.74) is 0.708. The van der Waals surface area contributed by atoms with Crippen molar-refractivity contribution in [1.29, 1.82) is 0 Å². The largest absolute Gasteiger partial charge is 0.448 e. The molecular formula is C53H48N8O8S4. The Labute approximate surface area is 435 Å². The number of ether oxygens (including phenoxy) is 2. The molecule has 0 aliphatic carbocycles. The number of nitrogens with zero attached hydrogens (tertiary/aromatic N) is 5. The number of hydrogen-bond acceptors (Lipinski definition) is 15. The van der Waals surface area contributed by atoms with E-state index in [0.29, 0.717) is 37.9 Å². The summed E-state index contributed by atoms with van der Waals surface area (Å²) in [5, 5.41) is 17.7. The first-order chi connectivity index (χ1) is 35.3. The fraction of sp³-hybridized carbons (Fsp3) is 0.208. The number of thioether (sulfide) groups is 2. The van der Waals surface area contributed by atoms with Crippen LogP contribution in [0.3, 0.4) is 0 Å². The van der Waals surface area contributed by atoms with Crippen LogP contribution in [0.2, 0.25) is 0 Å². The second-order valence-corrected chi connectivity index (χ2v) is 23.0. The minimum absolute atomic E-state index is 0.0148. The molecule has 4 heterocycles. The van der Waals surface area contributed by atoms with Crippen LogP contribution in [-0.4, -0.2) is 86.2 Å². The van der Waals surface area contributed by atoms with Gasteiger partial charge in [-0.05, 0) is 38.8 Å². The molecule has 5 aromatic carbocycles. The number of carbonyl (C=O) groups is 4. The third-order valence-electron chi connectivity index (χ3n) is 11.4. The second kappa shape index (κ2) is 22.2. The normalized spacial score (nSPS) is 17.3. The number of amides is 3. The zero-order valence-corrected chi connectivity index (χ0v) is 43.0. The third kappa shape index (κ3) is 11.3. The lowest BCUT2D eigenvalue weighted by atomic mass is 9.80. The lowest BCUT2D eigenvalue weighted by Gasteiger charge is -2.49. The predicted molar refractivity (Wildman–Crippen MR) is 282 cm³/mol. The maximum absolute atomic E-state index is 15.0. The van der Waals surface area contributed by atoms with E-state index in [0.717, 1.165) is 11.3 Å². The van der Waals surface area contributed by atoms with Crippen molar-refractivity contribution >= 4 is 80.4 Å². The first-order valence-electron chi connectivity index (χ1n) is 22.9. The minimum atomic E-state index is -1.85. The van der Waals surface area contributed by atoms with E-state index in [1.807, 2.05) is 159 Å². The van der Waals surface area contributed by atoms with E-state index < -0.39 is 63.4 Å². The standard InChI is InChI=1S/C53H48N8O8S4/c1-33(72-49-54-32-55-59-49)71-40-31-73(66)47-42(46(63)61(47)43(40)48(64)67-44(34-20-10-5-11-21-34)35-22-12-6-13-23-35)57-45(62)41(39-30-70-50(56-39)58-51(65)68-52(2,3)4)60-69-53(36-24-14-7-15-25-36,37-26-16-8-17-27-37)38-28-18-9-19-29-38/h5-30,32-33,42,44,47H,31H2,1-4H3,(H,57,62)(H,54,55,59)(H,56,58,65)/b60-41-/t33?,42-,47-,73?/m1/s1. The summed E-state index contributed by atoms with van der Waals surface area (Å²) in [6.07, 6.45) is -0.257. The van der Waals surface area contributed by atoms with E-state index in [2.05, 4.69) is 36.0 Å². The molecule has 1 fully saturated rings. The van der Waals surface area contributed by atoms with Gasteiger partial charge in [-0.15, -0.1) is 23.1 Å². The van der Waals surface area contributed by atoms with Gasteiger partial charge in [-0.25, -0.2) is 19.6 Å². The number of esters is 1. The Morgan fingerprint density at radius 1 is 0.822 bits per heavy atom. The number of oxime groups is 1. The maximum Gasteiger partial charge on any atom is 0.413 e. The molecular weight excluding hydrogens is 1000 g/mol. The lowest BCUT2D eigenvalue weighted by Crippen LogP contribution is -2.74. The first-order valence-corrected chi connectivity index (χ1v) is 26.9. The Bertz CT molecular complexity index is 3020. The van der Waals surface area contributed by atoms with E-state index in [1.54, 1.807) is 20.8 Å². The number of hydrogen-bond donors (Lipinski definition) is 3. The molecule has 1 saturated heterocycles. The smallest absolute Gasteiger partial charge is 0.413 e. The van der Waals surface area contributed by atoms with Gasteiger partial charge in [-0.2, -0.15) is 5.10 Å². The molecule has 0 bridgehead atoms. The van der Waals surface area contributed by atoms with Crippen LogP contribution in [-0.2, 0) is 45.1 Å². The predicted octanol–water partition coefficient (Wildman–Crippen LogP) is 9.15. The molecule has 3 N–H and O–H groups in total. The average Bonchev–Trinajstić information content (AvgIpc) is 4.09. The van der Waals surface area contributed by atoms with Gasteiger partial charge in [0.05, 0.1) is 21.1 Å². The molecule has 3 amide bonds. The molecule has 4 atom stereocenters. The zero-order chi connectivity index (χ0) is 51.1. The van der Waals surface area contributed by atoms with Crippen LogP contribution in [0.1, 0.15) is 67.3 Å². The Kier molecular flexibility index (Phi) is 15.3. The number of H-pyrrole nitrogens is 1. The molecule has 2 aromatic heterocycles. The summed E-state index contributed by atoms with van der Waals surface area (Å²) in [4.78, 5) is 74.5. The van der Waals surface area contributed by atoms with Crippen LogP contribution >= 0.6 is 34.9 Å². The van der Waals surface area contributed by atoms with E-state index in [9.17, 15) is 23.4 Å². The van der Waals surface area contributed by atoms with Crippen molar-refractivity contribution in [3.8, 4) is 0 Å². The lowest BCUT2D eigenvalue weighted by molar-refractivity contribution is -0.154. The van der Waals surface area contributed by atoms with Crippen molar-refractivity contribution in [3.05, 3.63) is 207 Å². The van der Waals surface area contributed by atoms with Crippen LogP contribution in [0, 0.1) is 0 Å². The van der Waals surface area contributed by atoms with E-state index in [4.69, 9.17) is 14.3 Å². The topological polar surface area (TPSA) is 207 Å². The molecule has 0 saturated carbocycles. The summed E-state index contributed by atoms with van der Waals surface area (Å²) >= 11 is 3.59. The Morgan fingerprint density at radius 3 is 1.89 bits per heavy atom. The zero-order valence-electron chi connectivity index (χ0n) is 39.7. The number of rotatable bonds is 17. The molecule has 0 radical (unpaired) electrons. The van der Waals surface area contributed by atoms with Crippen molar-refractivity contribution in [2.45, 2.75) is 66.2 Å². The Balaban J connectivity index is 1.08. The summed E-state index contributed by atoms with van der Waals surface area (Å²) in [6.45, 7) is 7.06. The molecule has 20 heteroatoms. The third-order valence-corrected chi connectivity index (χ3v) is 16.2. The summed E-state index contributed by atoms with van der Waals surface area (Å²) < 4.78 is 26.0. The van der Waals surface area contributed by atoms with Gasteiger partial charge in [0, 0.05) is 27.0 Å². The molecule has 2 aliphatic heterocycles. The molecule has 73 heavy (non-hydrogen) atoms. The van der Waals surface area contributed by atoms with E-state index in [-0.39, 0.29) is 32.6 Å². The highest BCUT2D eigenvalue weighted by molar-refractivity contribution is 8.19. The van der Waals surface area contributed by atoms with Gasteiger partial charge in [0.25, 0.3) is 11.8 Å². The number of nitrogens with one attached hydrogen (secondary N) is 3. The number of aromatic nitrogens is 4. The number of fused-ring (bicyclic) bond motifs is 1. The van der Waals surface area contributed by atoms with Crippen molar-refractivity contribution in [1.82, 2.24) is 30.4 Å².